The topological polar surface area (TPSA) is 140 Å². The maximum Gasteiger partial charge on any atom is 0.239 e. The van der Waals surface area contributed by atoms with Crippen molar-refractivity contribution in [1.82, 2.24) is 24.7 Å². The monoisotopic (exact) mass is 504 g/mol. The Labute approximate surface area is 203 Å². The summed E-state index contributed by atoms with van der Waals surface area (Å²) < 4.78 is 52.6. The van der Waals surface area contributed by atoms with E-state index >= 15 is 0 Å². The van der Waals surface area contributed by atoms with Crippen molar-refractivity contribution in [2.24, 2.45) is 0 Å². The van der Waals surface area contributed by atoms with Crippen molar-refractivity contribution in [2.45, 2.75) is 31.1 Å². The van der Waals surface area contributed by atoms with Crippen molar-refractivity contribution in [3.05, 3.63) is 42.5 Å². The molecule has 2 unspecified atom stereocenters. The van der Waals surface area contributed by atoms with Crippen LogP contribution in [0.1, 0.15) is 31.6 Å². The van der Waals surface area contributed by atoms with Crippen LogP contribution in [0, 0.1) is 0 Å². The van der Waals surface area contributed by atoms with E-state index in [1.807, 2.05) is 24.3 Å². The molecular formula is C22H28N6O6S. The minimum absolute atomic E-state index is 0.0704. The summed E-state index contributed by atoms with van der Waals surface area (Å²) in [7, 11) is -0.871. The molecule has 12 nitrogen and oxygen atoms in total. The first kappa shape index (κ1) is 24.8. The van der Waals surface area contributed by atoms with E-state index < -0.39 is 27.2 Å². The zero-order valence-corrected chi connectivity index (χ0v) is 20.7. The number of hydrogen-bond acceptors (Lipinski definition) is 10. The second-order valence-electron chi connectivity index (χ2n) is 8.08. The van der Waals surface area contributed by atoms with E-state index in [-0.39, 0.29) is 26.0 Å². The number of nitrogens with one attached hydrogen (secondary N) is 1. The Kier molecular flexibility index (Phi) is 7.48. The predicted octanol–water partition coefficient (Wildman–Crippen LogP) is 2.23. The third kappa shape index (κ3) is 5.21. The average molecular weight is 505 g/mol. The maximum atomic E-state index is 13.4. The highest BCUT2D eigenvalue weighted by atomic mass is 32.2. The zero-order valence-electron chi connectivity index (χ0n) is 19.9. The molecule has 1 aliphatic heterocycles. The lowest BCUT2D eigenvalue weighted by molar-refractivity contribution is -0.0449. The van der Waals surface area contributed by atoms with Crippen molar-refractivity contribution in [3.63, 3.8) is 0 Å². The molecule has 0 amide bonds. The van der Waals surface area contributed by atoms with Crippen LogP contribution in [-0.2, 0) is 19.5 Å². The molecular weight excluding hydrogens is 476 g/mol. The van der Waals surface area contributed by atoms with Gasteiger partial charge in [0, 0.05) is 13.0 Å². The van der Waals surface area contributed by atoms with Crippen LogP contribution >= 0.6 is 0 Å². The predicted molar refractivity (Wildman–Crippen MR) is 127 cm³/mol. The normalized spacial score (nSPS) is 16.9. The van der Waals surface area contributed by atoms with Crippen LogP contribution in [0.4, 0.5) is 5.95 Å². The first-order valence-corrected chi connectivity index (χ1v) is 12.5. The number of anilines is 1. The van der Waals surface area contributed by atoms with Gasteiger partial charge < -0.3 is 18.9 Å². The molecule has 35 heavy (non-hydrogen) atoms. The molecule has 0 radical (unpaired) electrons. The number of para-hydroxylation sites is 1. The fraction of sp³-hybridized carbons (Fsp3) is 0.455. The van der Waals surface area contributed by atoms with E-state index in [1.54, 1.807) is 18.4 Å². The SMILES string of the molecule is COCOC[C@@H]1COc2ccccc2-c2nnc(NS(=O)(=O)C(C)C(C)c3ncc(OC)cn3)n21. The first-order chi connectivity index (χ1) is 16.9. The fourth-order valence-electron chi connectivity index (χ4n) is 3.68. The van der Waals surface area contributed by atoms with Gasteiger partial charge in [0.05, 0.1) is 43.0 Å². The molecule has 1 aliphatic rings. The molecule has 0 saturated heterocycles. The lowest BCUT2D eigenvalue weighted by Gasteiger charge is -2.22. The van der Waals surface area contributed by atoms with Crippen LogP contribution in [0.15, 0.2) is 36.7 Å². The number of sulfonamides is 1. The molecule has 0 fully saturated rings. The van der Waals surface area contributed by atoms with Crippen LogP contribution in [0.3, 0.4) is 0 Å². The summed E-state index contributed by atoms with van der Waals surface area (Å²) in [6.07, 6.45) is 3.01. The van der Waals surface area contributed by atoms with Crippen molar-refractivity contribution in [3.8, 4) is 22.9 Å². The Hall–Kier alpha value is -3.29. The zero-order chi connectivity index (χ0) is 25.0. The molecule has 0 spiro atoms. The van der Waals surface area contributed by atoms with Gasteiger partial charge in [-0.2, -0.15) is 0 Å². The molecule has 4 rings (SSSR count). The van der Waals surface area contributed by atoms with Crippen molar-refractivity contribution >= 4 is 16.0 Å². The molecule has 3 heterocycles. The second kappa shape index (κ2) is 10.5. The van der Waals surface area contributed by atoms with Crippen LogP contribution in [0.25, 0.3) is 11.4 Å². The van der Waals surface area contributed by atoms with Gasteiger partial charge in [-0.1, -0.05) is 19.1 Å². The highest BCUT2D eigenvalue weighted by Gasteiger charge is 2.34. The Bertz CT molecular complexity index is 1250. The minimum atomic E-state index is -3.91. The number of methoxy groups -OCH3 is 2. The van der Waals surface area contributed by atoms with E-state index in [9.17, 15) is 8.42 Å². The van der Waals surface area contributed by atoms with Crippen molar-refractivity contribution < 1.29 is 27.4 Å². The standard InChI is InChI=1S/C22H28N6O6S/c1-14(20-23-9-17(32-4)10-24-20)15(2)35(29,30)27-22-26-25-21-18-7-5-6-8-19(18)34-12-16(28(21)22)11-33-13-31-3/h5-10,14-16H,11-13H2,1-4H3,(H,26,27)/t14?,15?,16-/m1/s1. The summed E-state index contributed by atoms with van der Waals surface area (Å²) >= 11 is 0. The van der Waals surface area contributed by atoms with E-state index in [2.05, 4.69) is 24.9 Å². The quantitative estimate of drug-likeness (QED) is 0.323. The summed E-state index contributed by atoms with van der Waals surface area (Å²) in [5, 5.41) is 7.58. The lowest BCUT2D eigenvalue weighted by Crippen LogP contribution is -2.32. The van der Waals surface area contributed by atoms with Crippen LogP contribution < -0.4 is 14.2 Å². The number of ether oxygens (including phenoxy) is 4. The lowest BCUT2D eigenvalue weighted by atomic mass is 10.1. The molecule has 13 heteroatoms. The van der Waals surface area contributed by atoms with Gasteiger partial charge in [0.15, 0.2) is 11.6 Å². The Morgan fingerprint density at radius 2 is 1.91 bits per heavy atom. The number of nitrogens with zero attached hydrogens (tertiary/aromatic N) is 5. The number of rotatable bonds is 10. The van der Waals surface area contributed by atoms with Gasteiger partial charge >= 0.3 is 0 Å². The molecule has 0 bridgehead atoms. The molecule has 0 aliphatic carbocycles. The van der Waals surface area contributed by atoms with Gasteiger partial charge in [-0.25, -0.2) is 18.4 Å². The molecule has 2 aromatic heterocycles. The highest BCUT2D eigenvalue weighted by molar-refractivity contribution is 7.93. The second-order valence-corrected chi connectivity index (χ2v) is 10.1. The molecule has 1 N–H and O–H groups in total. The summed E-state index contributed by atoms with van der Waals surface area (Å²) in [6.45, 7) is 3.86. The van der Waals surface area contributed by atoms with Crippen LogP contribution in [-0.4, -0.2) is 72.6 Å². The van der Waals surface area contributed by atoms with E-state index in [0.29, 0.717) is 28.7 Å². The third-order valence-electron chi connectivity index (χ3n) is 5.85. The van der Waals surface area contributed by atoms with Crippen LogP contribution in [0.5, 0.6) is 11.5 Å². The Morgan fingerprint density at radius 3 is 2.63 bits per heavy atom. The van der Waals surface area contributed by atoms with Crippen molar-refractivity contribution in [2.75, 3.05) is 38.9 Å². The molecule has 0 saturated carbocycles. The fourth-order valence-corrected chi connectivity index (χ4v) is 4.92. The maximum absolute atomic E-state index is 13.4. The average Bonchev–Trinajstić information content (AvgIpc) is 3.20. The molecule has 3 aromatic rings. The van der Waals surface area contributed by atoms with E-state index in [1.165, 1.54) is 26.6 Å². The van der Waals surface area contributed by atoms with E-state index in [0.717, 1.165) is 0 Å². The minimum Gasteiger partial charge on any atom is -0.494 e. The van der Waals surface area contributed by atoms with E-state index in [4.69, 9.17) is 18.9 Å². The first-order valence-electron chi connectivity index (χ1n) is 11.0. The van der Waals surface area contributed by atoms with Gasteiger partial charge in [0.1, 0.15) is 25.0 Å². The van der Waals surface area contributed by atoms with Crippen LogP contribution in [0.2, 0.25) is 0 Å². The third-order valence-corrected chi connectivity index (χ3v) is 7.70. The smallest absolute Gasteiger partial charge is 0.239 e. The number of aromatic nitrogens is 5. The van der Waals surface area contributed by atoms with Gasteiger partial charge in [0.2, 0.25) is 16.0 Å². The number of hydrogen-bond donors (Lipinski definition) is 1. The summed E-state index contributed by atoms with van der Waals surface area (Å²) in [4.78, 5) is 8.47. The molecule has 188 valence electrons. The molecule has 1 aromatic carbocycles. The summed E-state index contributed by atoms with van der Waals surface area (Å²) in [5.41, 5.74) is 0.702. The highest BCUT2D eigenvalue weighted by Crippen LogP contribution is 2.36. The van der Waals surface area contributed by atoms with Gasteiger partial charge in [-0.3, -0.25) is 9.29 Å². The van der Waals surface area contributed by atoms with Gasteiger partial charge in [0.25, 0.3) is 0 Å². The number of fused-ring (bicyclic) bond motifs is 3. The molecule has 3 atom stereocenters. The van der Waals surface area contributed by atoms with Gasteiger partial charge in [-0.15, -0.1) is 10.2 Å². The summed E-state index contributed by atoms with van der Waals surface area (Å²) in [5.74, 6) is 1.54. The Morgan fingerprint density at radius 1 is 1.17 bits per heavy atom. The van der Waals surface area contributed by atoms with Gasteiger partial charge in [-0.05, 0) is 19.1 Å². The Balaban J connectivity index is 1.64. The van der Waals surface area contributed by atoms with Crippen molar-refractivity contribution in [1.29, 1.82) is 0 Å². The largest absolute Gasteiger partial charge is 0.494 e. The number of benzene rings is 1. The summed E-state index contributed by atoms with van der Waals surface area (Å²) in [6, 6.07) is 6.98.